The zero-order valence-electron chi connectivity index (χ0n) is 12.4. The van der Waals surface area contributed by atoms with Crippen LogP contribution in [0.5, 0.6) is 5.75 Å². The molecule has 0 radical (unpaired) electrons. The molecule has 0 aromatic heterocycles. The van der Waals surface area contributed by atoms with Crippen LogP contribution in [0.3, 0.4) is 0 Å². The molecule has 2 N–H and O–H groups in total. The van der Waals surface area contributed by atoms with Crippen molar-refractivity contribution in [3.63, 3.8) is 0 Å². The Morgan fingerprint density at radius 1 is 1.26 bits per heavy atom. The minimum atomic E-state index is -0.574. The minimum Gasteiger partial charge on any atom is -0.479 e. The summed E-state index contributed by atoms with van der Waals surface area (Å²) in [6, 6.07) is 12.2. The lowest BCUT2D eigenvalue weighted by Gasteiger charge is -2.23. The van der Waals surface area contributed by atoms with E-state index in [1.54, 1.807) is 37.3 Å². The van der Waals surface area contributed by atoms with Crippen LogP contribution in [-0.2, 0) is 11.3 Å². The van der Waals surface area contributed by atoms with Gasteiger partial charge in [0, 0.05) is 17.1 Å². The highest BCUT2D eigenvalue weighted by atomic mass is 35.5. The number of hydrogen-bond donors (Lipinski definition) is 2. The fourth-order valence-electron chi connectivity index (χ4n) is 2.23. The number of anilines is 1. The zero-order chi connectivity index (χ0) is 16.4. The average molecular weight is 331 g/mol. The number of benzene rings is 2. The van der Waals surface area contributed by atoms with Crippen molar-refractivity contribution >= 4 is 29.1 Å². The van der Waals surface area contributed by atoms with Crippen LogP contribution in [0.4, 0.5) is 5.69 Å². The number of carbonyl (C=O) groups excluding carboxylic acids is 2. The fourth-order valence-corrected chi connectivity index (χ4v) is 2.36. The van der Waals surface area contributed by atoms with Gasteiger partial charge in [-0.3, -0.25) is 9.59 Å². The van der Waals surface area contributed by atoms with Gasteiger partial charge < -0.3 is 15.4 Å². The first kappa shape index (κ1) is 15.4. The van der Waals surface area contributed by atoms with Crippen molar-refractivity contribution in [3.8, 4) is 5.75 Å². The van der Waals surface area contributed by atoms with E-state index in [9.17, 15) is 9.59 Å². The molecule has 1 atom stereocenters. The molecule has 2 aromatic carbocycles. The monoisotopic (exact) mass is 330 g/mol. The van der Waals surface area contributed by atoms with Gasteiger partial charge >= 0.3 is 0 Å². The van der Waals surface area contributed by atoms with Crippen molar-refractivity contribution in [1.29, 1.82) is 0 Å². The second kappa shape index (κ2) is 6.30. The van der Waals surface area contributed by atoms with Crippen LogP contribution in [0, 0.1) is 0 Å². The number of halogens is 1. The number of amides is 2. The Labute approximate surface area is 138 Å². The van der Waals surface area contributed by atoms with Crippen LogP contribution in [0.25, 0.3) is 0 Å². The van der Waals surface area contributed by atoms with Crippen molar-refractivity contribution in [1.82, 2.24) is 5.32 Å². The molecule has 0 bridgehead atoms. The molecular weight excluding hydrogens is 316 g/mol. The summed E-state index contributed by atoms with van der Waals surface area (Å²) in [5, 5.41) is 6.22. The molecule has 23 heavy (non-hydrogen) atoms. The van der Waals surface area contributed by atoms with Crippen molar-refractivity contribution in [3.05, 3.63) is 58.6 Å². The van der Waals surface area contributed by atoms with E-state index in [4.69, 9.17) is 16.3 Å². The van der Waals surface area contributed by atoms with Crippen LogP contribution in [0.15, 0.2) is 42.5 Å². The van der Waals surface area contributed by atoms with E-state index in [1.807, 2.05) is 12.1 Å². The zero-order valence-corrected chi connectivity index (χ0v) is 13.2. The maximum atomic E-state index is 12.2. The lowest BCUT2D eigenvalue weighted by Crippen LogP contribution is -2.34. The molecule has 0 aliphatic carbocycles. The molecule has 3 rings (SSSR count). The first-order chi connectivity index (χ1) is 11.0. The summed E-state index contributed by atoms with van der Waals surface area (Å²) in [5.74, 6) is 0.0876. The molecule has 0 spiro atoms. The summed E-state index contributed by atoms with van der Waals surface area (Å²) in [7, 11) is 0. The lowest BCUT2D eigenvalue weighted by atomic mass is 10.1. The number of rotatable bonds is 3. The Morgan fingerprint density at radius 3 is 2.74 bits per heavy atom. The Kier molecular flexibility index (Phi) is 4.21. The van der Waals surface area contributed by atoms with Gasteiger partial charge in [-0.25, -0.2) is 0 Å². The summed E-state index contributed by atoms with van der Waals surface area (Å²) in [6.45, 7) is 2.06. The van der Waals surface area contributed by atoms with E-state index in [0.29, 0.717) is 28.6 Å². The third kappa shape index (κ3) is 3.46. The maximum Gasteiger partial charge on any atom is 0.265 e. The molecular formula is C17H15ClN2O3. The van der Waals surface area contributed by atoms with E-state index >= 15 is 0 Å². The summed E-state index contributed by atoms with van der Waals surface area (Å²) in [5.41, 5.74) is 2.00. The molecule has 0 saturated carbocycles. The highest BCUT2D eigenvalue weighted by Gasteiger charge is 2.24. The molecule has 118 valence electrons. The molecule has 1 aliphatic rings. The number of carbonyl (C=O) groups is 2. The SMILES string of the molecule is CC1Oc2cc(C(=O)NCc3ccc(Cl)cc3)ccc2NC1=O. The Bertz CT molecular complexity index is 759. The van der Waals surface area contributed by atoms with E-state index in [-0.39, 0.29) is 11.8 Å². The first-order valence-electron chi connectivity index (χ1n) is 7.17. The van der Waals surface area contributed by atoms with E-state index in [2.05, 4.69) is 10.6 Å². The molecule has 5 nitrogen and oxygen atoms in total. The van der Waals surface area contributed by atoms with Crippen molar-refractivity contribution in [2.45, 2.75) is 19.6 Å². The average Bonchev–Trinajstić information content (AvgIpc) is 2.54. The van der Waals surface area contributed by atoms with Crippen LogP contribution in [0.2, 0.25) is 5.02 Å². The van der Waals surface area contributed by atoms with Gasteiger partial charge in [-0.05, 0) is 42.8 Å². The van der Waals surface area contributed by atoms with Gasteiger partial charge in [-0.1, -0.05) is 23.7 Å². The van der Waals surface area contributed by atoms with Crippen LogP contribution < -0.4 is 15.4 Å². The topological polar surface area (TPSA) is 67.4 Å². The molecule has 2 amide bonds. The van der Waals surface area contributed by atoms with Crippen molar-refractivity contribution in [2.75, 3.05) is 5.32 Å². The third-order valence-corrected chi connectivity index (χ3v) is 3.79. The number of hydrogen-bond acceptors (Lipinski definition) is 3. The predicted octanol–water partition coefficient (Wildman–Crippen LogP) is 2.99. The summed E-state index contributed by atoms with van der Waals surface area (Å²) < 4.78 is 5.50. The van der Waals surface area contributed by atoms with Crippen molar-refractivity contribution in [2.24, 2.45) is 0 Å². The minimum absolute atomic E-state index is 0.197. The molecule has 6 heteroatoms. The number of nitrogens with one attached hydrogen (secondary N) is 2. The standard InChI is InChI=1S/C17H15ClN2O3/c1-10-16(21)20-14-7-4-12(8-15(14)23-10)17(22)19-9-11-2-5-13(18)6-3-11/h2-8,10H,9H2,1H3,(H,19,22)(H,20,21). The van der Waals surface area contributed by atoms with E-state index in [0.717, 1.165) is 5.56 Å². The Hall–Kier alpha value is -2.53. The van der Waals surface area contributed by atoms with E-state index in [1.165, 1.54) is 0 Å². The highest BCUT2D eigenvalue weighted by molar-refractivity contribution is 6.30. The normalized spacial score (nSPS) is 16.1. The molecule has 0 saturated heterocycles. The molecule has 2 aromatic rings. The first-order valence-corrected chi connectivity index (χ1v) is 7.55. The number of ether oxygens (including phenoxy) is 1. The maximum absolute atomic E-state index is 12.2. The second-order valence-electron chi connectivity index (χ2n) is 5.27. The largest absolute Gasteiger partial charge is 0.479 e. The Morgan fingerprint density at radius 2 is 2.00 bits per heavy atom. The van der Waals surface area contributed by atoms with Gasteiger partial charge in [-0.2, -0.15) is 0 Å². The van der Waals surface area contributed by atoms with Crippen LogP contribution in [-0.4, -0.2) is 17.9 Å². The van der Waals surface area contributed by atoms with Crippen LogP contribution >= 0.6 is 11.6 Å². The summed E-state index contributed by atoms with van der Waals surface area (Å²) in [4.78, 5) is 23.8. The lowest BCUT2D eigenvalue weighted by molar-refractivity contribution is -0.122. The van der Waals surface area contributed by atoms with Gasteiger partial charge in [-0.15, -0.1) is 0 Å². The Balaban J connectivity index is 1.69. The van der Waals surface area contributed by atoms with Gasteiger partial charge in [0.05, 0.1) is 5.69 Å². The van der Waals surface area contributed by atoms with Crippen LogP contribution in [0.1, 0.15) is 22.8 Å². The molecule has 0 fully saturated rings. The van der Waals surface area contributed by atoms with Gasteiger partial charge in [0.15, 0.2) is 6.10 Å². The number of fused-ring (bicyclic) bond motifs is 1. The van der Waals surface area contributed by atoms with E-state index < -0.39 is 6.10 Å². The van der Waals surface area contributed by atoms with Crippen molar-refractivity contribution < 1.29 is 14.3 Å². The smallest absolute Gasteiger partial charge is 0.265 e. The van der Waals surface area contributed by atoms with Gasteiger partial charge in [0.25, 0.3) is 11.8 Å². The fraction of sp³-hybridized carbons (Fsp3) is 0.176. The third-order valence-electron chi connectivity index (χ3n) is 3.54. The molecule has 1 unspecified atom stereocenters. The quantitative estimate of drug-likeness (QED) is 0.909. The predicted molar refractivity (Wildman–Crippen MR) is 87.8 cm³/mol. The summed E-state index contributed by atoms with van der Waals surface area (Å²) in [6.07, 6.45) is -0.574. The molecule has 1 heterocycles. The van der Waals surface area contributed by atoms with Gasteiger partial charge in [0.2, 0.25) is 0 Å². The highest BCUT2D eigenvalue weighted by Crippen LogP contribution is 2.30. The van der Waals surface area contributed by atoms with Gasteiger partial charge in [0.1, 0.15) is 5.75 Å². The second-order valence-corrected chi connectivity index (χ2v) is 5.71. The molecule has 1 aliphatic heterocycles. The summed E-state index contributed by atoms with van der Waals surface area (Å²) >= 11 is 5.83.